The Morgan fingerprint density at radius 2 is 1.87 bits per heavy atom. The minimum Gasteiger partial charge on any atom is -0.379 e. The number of halogens is 3. The highest BCUT2D eigenvalue weighted by Gasteiger charge is 2.32. The molecule has 10 heteroatoms. The zero-order valence-electron chi connectivity index (χ0n) is 17.4. The number of rotatable bonds is 5. The lowest BCUT2D eigenvalue weighted by Crippen LogP contribution is -2.53. The number of aryl methyl sites for hydroxylation is 1. The van der Waals surface area contributed by atoms with E-state index in [9.17, 15) is 18.0 Å². The molecule has 1 N–H and O–H groups in total. The van der Waals surface area contributed by atoms with Gasteiger partial charge in [0.2, 0.25) is 5.91 Å². The Labute approximate surface area is 178 Å². The quantitative estimate of drug-likeness (QED) is 0.778. The van der Waals surface area contributed by atoms with E-state index in [2.05, 4.69) is 15.3 Å². The van der Waals surface area contributed by atoms with E-state index < -0.39 is 23.8 Å². The number of ether oxygens (including phenoxy) is 1. The summed E-state index contributed by atoms with van der Waals surface area (Å²) in [4.78, 5) is 21.6. The molecule has 0 bridgehead atoms. The standard InChI is InChI=1S/C21H24F3N5O2/c1-12(14-4-3-5-15(19(14)22)20(23)24)25-21-16-11-29(28-6-8-31-9-7-28)18(30)10-17(16)26-13(2)27-21/h3-5,12,20H,6-11H2,1-2H3,(H,25,26,27)/t12-/m1/s1. The molecule has 0 spiro atoms. The molecule has 1 aromatic carbocycles. The van der Waals surface area contributed by atoms with Crippen LogP contribution >= 0.6 is 0 Å². The topological polar surface area (TPSA) is 70.6 Å². The van der Waals surface area contributed by atoms with Crippen LogP contribution in [-0.2, 0) is 22.5 Å². The van der Waals surface area contributed by atoms with Crippen molar-refractivity contribution >= 4 is 11.7 Å². The highest BCUT2D eigenvalue weighted by atomic mass is 19.3. The second kappa shape index (κ2) is 8.80. The van der Waals surface area contributed by atoms with Gasteiger partial charge in [-0.2, -0.15) is 0 Å². The molecule has 166 valence electrons. The normalized spacial score (nSPS) is 18.3. The highest BCUT2D eigenvalue weighted by Crippen LogP contribution is 2.31. The van der Waals surface area contributed by atoms with Gasteiger partial charge in [-0.1, -0.05) is 18.2 Å². The Hall–Kier alpha value is -2.72. The van der Waals surface area contributed by atoms with Crippen LogP contribution in [0.3, 0.4) is 0 Å². The summed E-state index contributed by atoms with van der Waals surface area (Å²) in [5, 5.41) is 6.79. The summed E-state index contributed by atoms with van der Waals surface area (Å²) in [5.74, 6) is -0.0325. The van der Waals surface area contributed by atoms with Crippen molar-refractivity contribution < 1.29 is 22.7 Å². The average Bonchev–Trinajstić information content (AvgIpc) is 2.73. The highest BCUT2D eigenvalue weighted by molar-refractivity contribution is 5.80. The monoisotopic (exact) mass is 435 g/mol. The number of benzene rings is 1. The molecule has 31 heavy (non-hydrogen) atoms. The second-order valence-electron chi connectivity index (χ2n) is 7.66. The third kappa shape index (κ3) is 4.35. The van der Waals surface area contributed by atoms with Gasteiger partial charge in [-0.15, -0.1) is 0 Å². The summed E-state index contributed by atoms with van der Waals surface area (Å²) in [5.41, 5.74) is 0.864. The number of carbonyl (C=O) groups is 1. The number of carbonyl (C=O) groups excluding carboxylic acids is 1. The molecule has 4 rings (SSSR count). The maximum atomic E-state index is 14.6. The van der Waals surface area contributed by atoms with Gasteiger partial charge in [0, 0.05) is 24.2 Å². The number of nitrogens with one attached hydrogen (secondary N) is 1. The Bertz CT molecular complexity index is 982. The van der Waals surface area contributed by atoms with Crippen molar-refractivity contribution in [1.29, 1.82) is 0 Å². The van der Waals surface area contributed by atoms with Gasteiger partial charge in [-0.05, 0) is 13.8 Å². The lowest BCUT2D eigenvalue weighted by molar-refractivity contribution is -0.159. The third-order valence-electron chi connectivity index (χ3n) is 5.56. The van der Waals surface area contributed by atoms with Crippen LogP contribution in [-0.4, -0.2) is 52.2 Å². The zero-order chi connectivity index (χ0) is 22.1. The van der Waals surface area contributed by atoms with Crippen LogP contribution in [0.5, 0.6) is 0 Å². The molecule has 1 amide bonds. The van der Waals surface area contributed by atoms with Gasteiger partial charge in [0.1, 0.15) is 17.5 Å². The van der Waals surface area contributed by atoms with Crippen molar-refractivity contribution in [2.75, 3.05) is 31.6 Å². The SMILES string of the molecule is Cc1nc2c(c(N[C@H](C)c3cccc(C(F)F)c3F)n1)CN(N1CCOCC1)C(=O)C2. The number of alkyl halides is 2. The third-order valence-corrected chi connectivity index (χ3v) is 5.56. The number of nitrogens with zero attached hydrogens (tertiary/aromatic N) is 4. The number of anilines is 1. The molecular formula is C21H24F3N5O2. The number of aromatic nitrogens is 2. The van der Waals surface area contributed by atoms with E-state index in [0.717, 1.165) is 11.6 Å². The van der Waals surface area contributed by atoms with Gasteiger partial charge in [-0.25, -0.2) is 28.1 Å². The molecule has 0 radical (unpaired) electrons. The first-order valence-corrected chi connectivity index (χ1v) is 10.2. The van der Waals surface area contributed by atoms with Crippen molar-refractivity contribution in [3.8, 4) is 0 Å². The summed E-state index contributed by atoms with van der Waals surface area (Å²) >= 11 is 0. The van der Waals surface area contributed by atoms with Gasteiger partial charge < -0.3 is 10.1 Å². The first-order valence-electron chi connectivity index (χ1n) is 10.2. The van der Waals surface area contributed by atoms with E-state index in [4.69, 9.17) is 4.74 Å². The number of amides is 1. The molecule has 0 unspecified atom stereocenters. The smallest absolute Gasteiger partial charge is 0.266 e. The molecule has 1 atom stereocenters. The molecule has 0 aliphatic carbocycles. The van der Waals surface area contributed by atoms with E-state index in [-0.39, 0.29) is 24.4 Å². The van der Waals surface area contributed by atoms with Crippen LogP contribution in [0.4, 0.5) is 19.0 Å². The average molecular weight is 435 g/mol. The number of hydrogen-bond donors (Lipinski definition) is 1. The predicted molar refractivity (Wildman–Crippen MR) is 107 cm³/mol. The summed E-state index contributed by atoms with van der Waals surface area (Å²) < 4.78 is 46.2. The van der Waals surface area contributed by atoms with Gasteiger partial charge in [0.25, 0.3) is 6.43 Å². The Kier molecular flexibility index (Phi) is 6.10. The van der Waals surface area contributed by atoms with Gasteiger partial charge in [0.05, 0.1) is 43.5 Å². The first kappa shape index (κ1) is 21.5. The largest absolute Gasteiger partial charge is 0.379 e. The summed E-state index contributed by atoms with van der Waals surface area (Å²) in [6.07, 6.45) is -2.76. The summed E-state index contributed by atoms with van der Waals surface area (Å²) in [6.45, 7) is 5.99. The second-order valence-corrected chi connectivity index (χ2v) is 7.66. The van der Waals surface area contributed by atoms with Gasteiger partial charge in [-0.3, -0.25) is 9.80 Å². The predicted octanol–water partition coefficient (Wildman–Crippen LogP) is 3.17. The van der Waals surface area contributed by atoms with Crippen LogP contribution < -0.4 is 5.32 Å². The van der Waals surface area contributed by atoms with Crippen LogP contribution in [0.2, 0.25) is 0 Å². The number of morpholine rings is 1. The maximum Gasteiger partial charge on any atom is 0.266 e. The van der Waals surface area contributed by atoms with Crippen molar-refractivity contribution in [3.05, 3.63) is 52.2 Å². The van der Waals surface area contributed by atoms with Crippen molar-refractivity contribution in [1.82, 2.24) is 20.0 Å². The number of hydrogen-bond acceptors (Lipinski definition) is 6. The van der Waals surface area contributed by atoms with Gasteiger partial charge >= 0.3 is 0 Å². The lowest BCUT2D eigenvalue weighted by Gasteiger charge is -2.40. The molecular weight excluding hydrogens is 411 g/mol. The zero-order valence-corrected chi connectivity index (χ0v) is 17.4. The van der Waals surface area contributed by atoms with E-state index >= 15 is 0 Å². The van der Waals surface area contributed by atoms with Crippen molar-refractivity contribution in [2.24, 2.45) is 0 Å². The van der Waals surface area contributed by atoms with Gasteiger partial charge in [0.15, 0.2) is 0 Å². The van der Waals surface area contributed by atoms with Crippen molar-refractivity contribution in [2.45, 2.75) is 39.3 Å². The number of fused-ring (bicyclic) bond motifs is 1. The van der Waals surface area contributed by atoms with E-state index in [0.29, 0.717) is 43.6 Å². The maximum absolute atomic E-state index is 14.6. The van der Waals surface area contributed by atoms with E-state index in [1.165, 1.54) is 12.1 Å². The Morgan fingerprint density at radius 1 is 1.16 bits per heavy atom. The molecule has 1 saturated heterocycles. The fourth-order valence-electron chi connectivity index (χ4n) is 3.97. The van der Waals surface area contributed by atoms with E-state index in [1.54, 1.807) is 18.9 Å². The first-order chi connectivity index (χ1) is 14.8. The Morgan fingerprint density at radius 3 is 2.58 bits per heavy atom. The summed E-state index contributed by atoms with van der Waals surface area (Å²) in [7, 11) is 0. The molecule has 2 aliphatic heterocycles. The molecule has 1 aromatic heterocycles. The van der Waals surface area contributed by atoms with Crippen LogP contribution in [0.1, 0.15) is 47.6 Å². The van der Waals surface area contributed by atoms with Crippen molar-refractivity contribution in [3.63, 3.8) is 0 Å². The van der Waals surface area contributed by atoms with Crippen LogP contribution in [0.25, 0.3) is 0 Å². The molecule has 2 aromatic rings. The molecule has 2 aliphatic rings. The molecule has 0 saturated carbocycles. The van der Waals surface area contributed by atoms with Crippen LogP contribution in [0, 0.1) is 12.7 Å². The Balaban J connectivity index is 1.63. The molecule has 3 heterocycles. The summed E-state index contributed by atoms with van der Waals surface area (Å²) in [6, 6.07) is 3.35. The minimum atomic E-state index is -2.89. The fraction of sp³-hybridized carbons (Fsp3) is 0.476. The number of hydrazine groups is 1. The van der Waals surface area contributed by atoms with E-state index in [1.807, 2.05) is 5.01 Å². The minimum absolute atomic E-state index is 0.0535. The van der Waals surface area contributed by atoms with Crippen LogP contribution in [0.15, 0.2) is 18.2 Å². The fourth-order valence-corrected chi connectivity index (χ4v) is 3.97. The lowest BCUT2D eigenvalue weighted by atomic mass is 10.0. The molecule has 7 nitrogen and oxygen atoms in total. The molecule has 1 fully saturated rings.